The van der Waals surface area contributed by atoms with Crippen LogP contribution < -0.4 is 0 Å². The molecule has 1 aromatic heterocycles. The van der Waals surface area contributed by atoms with E-state index in [0.29, 0.717) is 11.1 Å². The summed E-state index contributed by atoms with van der Waals surface area (Å²) in [7, 11) is 0. The largest absolute Gasteiger partial charge is 0.386 e. The highest BCUT2D eigenvalue weighted by Gasteiger charge is 2.36. The molecule has 132 valence electrons. The number of aryl methyl sites for hydroxylation is 1. The third kappa shape index (κ3) is 3.46. The topological polar surface area (TPSA) is 43.4 Å². The monoisotopic (exact) mass is 364 g/mol. The minimum absolute atomic E-state index is 0.384. The van der Waals surface area contributed by atoms with Gasteiger partial charge in [-0.25, -0.2) is 9.59 Å². The van der Waals surface area contributed by atoms with Crippen molar-refractivity contribution in [2.24, 2.45) is 0 Å². The van der Waals surface area contributed by atoms with E-state index in [1.165, 1.54) is 0 Å². The molecular weight excluding hydrogens is 344 g/mol. The number of benzene rings is 1. The number of hydrogen-bond donors (Lipinski definition) is 0. The van der Waals surface area contributed by atoms with Crippen molar-refractivity contribution < 1.29 is 14.3 Å². The smallest absolute Gasteiger partial charge is 0.347 e. The zero-order valence-electron chi connectivity index (χ0n) is 15.3. The number of allylic oxidation sites excluding steroid dienone is 2. The van der Waals surface area contributed by atoms with Gasteiger partial charge in [-0.15, -0.1) is 11.3 Å². The minimum Gasteiger partial charge on any atom is -0.386 e. The third-order valence-electron chi connectivity index (χ3n) is 4.30. The number of carbonyl (C=O) groups excluding carboxylic acids is 2. The number of cyclic esters (lactones) is 2. The van der Waals surface area contributed by atoms with Crippen LogP contribution >= 0.6 is 11.3 Å². The predicted molar refractivity (Wildman–Crippen MR) is 106 cm³/mol. The van der Waals surface area contributed by atoms with Crippen LogP contribution in [0.2, 0.25) is 0 Å². The van der Waals surface area contributed by atoms with Crippen molar-refractivity contribution in [1.82, 2.24) is 0 Å². The molecule has 4 heteroatoms. The van der Waals surface area contributed by atoms with E-state index in [1.54, 1.807) is 11.3 Å². The Balaban J connectivity index is 2.01. The zero-order chi connectivity index (χ0) is 18.8. The van der Waals surface area contributed by atoms with Gasteiger partial charge in [0.05, 0.1) is 11.1 Å². The maximum Gasteiger partial charge on any atom is 0.347 e. The van der Waals surface area contributed by atoms with Crippen LogP contribution in [0.1, 0.15) is 41.7 Å². The van der Waals surface area contributed by atoms with E-state index in [1.807, 2.05) is 58.0 Å². The van der Waals surface area contributed by atoms with Gasteiger partial charge in [-0.2, -0.15) is 0 Å². The summed E-state index contributed by atoms with van der Waals surface area (Å²) >= 11 is 1.66. The molecule has 1 fully saturated rings. The second kappa shape index (κ2) is 7.26. The van der Waals surface area contributed by atoms with Crippen molar-refractivity contribution in [3.8, 4) is 0 Å². The van der Waals surface area contributed by atoms with Crippen LogP contribution in [-0.4, -0.2) is 11.9 Å². The van der Waals surface area contributed by atoms with Gasteiger partial charge < -0.3 is 4.74 Å². The van der Waals surface area contributed by atoms with Crippen LogP contribution in [0, 0.1) is 6.92 Å². The van der Waals surface area contributed by atoms with Gasteiger partial charge in [0.2, 0.25) is 0 Å². The van der Waals surface area contributed by atoms with Crippen LogP contribution in [0.15, 0.2) is 53.1 Å². The van der Waals surface area contributed by atoms with E-state index in [-0.39, 0.29) is 0 Å². The van der Waals surface area contributed by atoms with Crippen LogP contribution in [0.3, 0.4) is 0 Å². The van der Waals surface area contributed by atoms with E-state index in [4.69, 9.17) is 4.74 Å². The van der Waals surface area contributed by atoms with E-state index in [2.05, 4.69) is 18.2 Å². The number of carbonyl (C=O) groups is 2. The molecule has 0 N–H and O–H groups in total. The van der Waals surface area contributed by atoms with E-state index < -0.39 is 11.9 Å². The quantitative estimate of drug-likeness (QED) is 0.415. The lowest BCUT2D eigenvalue weighted by Gasteiger charge is -2.05. The molecule has 1 aliphatic rings. The number of esters is 2. The molecule has 0 radical (unpaired) electrons. The molecule has 0 bridgehead atoms. The Morgan fingerprint density at radius 3 is 2.27 bits per heavy atom. The highest BCUT2D eigenvalue weighted by molar-refractivity contribution is 7.13. The molecule has 2 aromatic rings. The normalized spacial score (nSPS) is 16.4. The van der Waals surface area contributed by atoms with E-state index in [9.17, 15) is 9.59 Å². The fourth-order valence-electron chi connectivity index (χ4n) is 3.02. The summed E-state index contributed by atoms with van der Waals surface area (Å²) in [5, 5.41) is 0. The first-order valence-electron chi connectivity index (χ1n) is 8.37. The van der Waals surface area contributed by atoms with Gasteiger partial charge in [0.25, 0.3) is 0 Å². The summed E-state index contributed by atoms with van der Waals surface area (Å²) in [5.74, 6) is -1.11. The fourth-order valence-corrected chi connectivity index (χ4v) is 4.01. The lowest BCUT2D eigenvalue weighted by atomic mass is 9.95. The average molecular weight is 364 g/mol. The molecule has 0 unspecified atom stereocenters. The number of ether oxygens (including phenoxy) is 1. The van der Waals surface area contributed by atoms with Crippen molar-refractivity contribution >= 4 is 41.0 Å². The summed E-state index contributed by atoms with van der Waals surface area (Å²) in [5.41, 5.74) is 4.45. The standard InChI is InChI=1S/C22H20O3S/c1-13(2)19-20(22(24)25-21(19)23)14(3)18-12-17(26-15(18)4)11-10-16-8-6-5-7-9-16/h5-12H,1-4H3/b11-10+,20-14-. The zero-order valence-corrected chi connectivity index (χ0v) is 16.1. The molecule has 0 amide bonds. The Bertz CT molecular complexity index is 968. The van der Waals surface area contributed by atoms with Gasteiger partial charge >= 0.3 is 11.9 Å². The maximum absolute atomic E-state index is 12.2. The summed E-state index contributed by atoms with van der Waals surface area (Å²) in [6.07, 6.45) is 4.13. The molecule has 1 aliphatic heterocycles. The summed E-state index contributed by atoms with van der Waals surface area (Å²) in [4.78, 5) is 26.4. The van der Waals surface area contributed by atoms with Gasteiger partial charge in [0.15, 0.2) is 0 Å². The molecule has 3 rings (SSSR count). The summed E-state index contributed by atoms with van der Waals surface area (Å²) in [6.45, 7) is 7.53. The van der Waals surface area contributed by atoms with Crippen molar-refractivity contribution in [2.75, 3.05) is 0 Å². The SMILES string of the molecule is CC(C)=C1C(=O)OC(=O)/C1=C(/C)c1cc(/C=C/c2ccccc2)sc1C. The Morgan fingerprint density at radius 2 is 1.62 bits per heavy atom. The Kier molecular flexibility index (Phi) is 5.05. The first-order valence-corrected chi connectivity index (χ1v) is 9.19. The molecular formula is C22H20O3S. The predicted octanol–water partition coefficient (Wildman–Crippen LogP) is 5.42. The Hall–Kier alpha value is -2.72. The highest BCUT2D eigenvalue weighted by atomic mass is 32.1. The van der Waals surface area contributed by atoms with Crippen LogP contribution in [0.4, 0.5) is 0 Å². The summed E-state index contributed by atoms with van der Waals surface area (Å²) in [6, 6.07) is 12.1. The number of rotatable bonds is 3. The van der Waals surface area contributed by atoms with Crippen molar-refractivity contribution in [1.29, 1.82) is 0 Å². The molecule has 0 spiro atoms. The van der Waals surface area contributed by atoms with Gasteiger partial charge in [-0.05, 0) is 56.5 Å². The number of thiophene rings is 1. The molecule has 0 saturated carbocycles. The van der Waals surface area contributed by atoms with Gasteiger partial charge in [-0.1, -0.05) is 42.0 Å². The first-order chi connectivity index (χ1) is 12.4. The molecule has 2 heterocycles. The molecule has 0 aliphatic carbocycles. The van der Waals surface area contributed by atoms with E-state index >= 15 is 0 Å². The fraction of sp³-hybridized carbons (Fsp3) is 0.182. The van der Waals surface area contributed by atoms with Gasteiger partial charge in [-0.3, -0.25) is 0 Å². The molecule has 1 saturated heterocycles. The lowest BCUT2D eigenvalue weighted by Crippen LogP contribution is -1.99. The summed E-state index contributed by atoms with van der Waals surface area (Å²) < 4.78 is 4.84. The Morgan fingerprint density at radius 1 is 0.962 bits per heavy atom. The van der Waals surface area contributed by atoms with Crippen LogP contribution in [0.5, 0.6) is 0 Å². The van der Waals surface area contributed by atoms with Crippen molar-refractivity contribution in [2.45, 2.75) is 27.7 Å². The van der Waals surface area contributed by atoms with Gasteiger partial charge in [0.1, 0.15) is 0 Å². The molecule has 1 aromatic carbocycles. The molecule has 3 nitrogen and oxygen atoms in total. The second-order valence-electron chi connectivity index (χ2n) is 6.41. The lowest BCUT2D eigenvalue weighted by molar-refractivity contribution is -0.149. The van der Waals surface area contributed by atoms with Crippen LogP contribution in [0.25, 0.3) is 17.7 Å². The first kappa shape index (κ1) is 18.1. The second-order valence-corrected chi connectivity index (χ2v) is 7.70. The molecule has 0 atom stereocenters. The molecule has 26 heavy (non-hydrogen) atoms. The highest BCUT2D eigenvalue weighted by Crippen LogP contribution is 2.36. The van der Waals surface area contributed by atoms with Gasteiger partial charge in [0, 0.05) is 9.75 Å². The minimum atomic E-state index is -0.560. The van der Waals surface area contributed by atoms with E-state index in [0.717, 1.165) is 32.0 Å². The van der Waals surface area contributed by atoms with Crippen molar-refractivity contribution in [3.05, 3.63) is 74.0 Å². The third-order valence-corrected chi connectivity index (χ3v) is 5.31. The van der Waals surface area contributed by atoms with Crippen molar-refractivity contribution in [3.63, 3.8) is 0 Å². The Labute approximate surface area is 157 Å². The average Bonchev–Trinajstić information content (AvgIpc) is 3.12. The number of hydrogen-bond acceptors (Lipinski definition) is 4. The maximum atomic E-state index is 12.2. The van der Waals surface area contributed by atoms with Crippen LogP contribution in [-0.2, 0) is 14.3 Å².